The lowest BCUT2D eigenvalue weighted by Crippen LogP contribution is -1.87. The van der Waals surface area contributed by atoms with Gasteiger partial charge in [-0.2, -0.15) is 0 Å². The summed E-state index contributed by atoms with van der Waals surface area (Å²) in [6, 6.07) is 5.27. The maximum Gasteiger partial charge on any atom is 0.160 e. The van der Waals surface area contributed by atoms with E-state index in [0.29, 0.717) is 5.75 Å². The van der Waals surface area contributed by atoms with Crippen LogP contribution in [0.15, 0.2) is 30.5 Å². The molecule has 0 unspecified atom stereocenters. The summed E-state index contributed by atoms with van der Waals surface area (Å²) in [4.78, 5) is 0. The summed E-state index contributed by atoms with van der Waals surface area (Å²) in [5, 5.41) is 9.34. The van der Waals surface area contributed by atoms with Gasteiger partial charge in [0.25, 0.3) is 0 Å². The van der Waals surface area contributed by atoms with E-state index in [0.717, 1.165) is 12.0 Å². The summed E-state index contributed by atoms with van der Waals surface area (Å²) in [7, 11) is 3.14. The SMILES string of the molecule is COC=CCc1ccc(O)c(OC)c1. The van der Waals surface area contributed by atoms with Crippen LogP contribution in [0.5, 0.6) is 11.5 Å². The van der Waals surface area contributed by atoms with E-state index in [4.69, 9.17) is 9.47 Å². The molecule has 0 aliphatic carbocycles. The lowest BCUT2D eigenvalue weighted by Gasteiger charge is -2.04. The van der Waals surface area contributed by atoms with Crippen LogP contribution >= 0.6 is 0 Å². The van der Waals surface area contributed by atoms with E-state index in [1.54, 1.807) is 25.5 Å². The second kappa shape index (κ2) is 5.17. The normalized spacial score (nSPS) is 10.4. The molecule has 0 aromatic heterocycles. The van der Waals surface area contributed by atoms with E-state index in [2.05, 4.69) is 0 Å². The summed E-state index contributed by atoms with van der Waals surface area (Å²) < 4.78 is 9.77. The Morgan fingerprint density at radius 1 is 1.36 bits per heavy atom. The predicted octanol–water partition coefficient (Wildman–Crippen LogP) is 2.10. The van der Waals surface area contributed by atoms with Gasteiger partial charge in [-0.25, -0.2) is 0 Å². The molecule has 1 aromatic carbocycles. The Morgan fingerprint density at radius 2 is 2.14 bits per heavy atom. The topological polar surface area (TPSA) is 38.7 Å². The maximum absolute atomic E-state index is 9.34. The summed E-state index contributed by atoms with van der Waals surface area (Å²) in [6.07, 6.45) is 4.27. The van der Waals surface area contributed by atoms with Crippen molar-refractivity contribution in [2.75, 3.05) is 14.2 Å². The number of ether oxygens (including phenoxy) is 2. The van der Waals surface area contributed by atoms with E-state index in [1.807, 2.05) is 12.1 Å². The van der Waals surface area contributed by atoms with E-state index >= 15 is 0 Å². The number of aromatic hydroxyl groups is 1. The Bertz CT molecular complexity index is 318. The number of methoxy groups -OCH3 is 2. The molecular weight excluding hydrogens is 180 g/mol. The number of benzene rings is 1. The van der Waals surface area contributed by atoms with Crippen LogP contribution in [0.3, 0.4) is 0 Å². The number of phenolic OH excluding ortho intramolecular Hbond substituents is 1. The minimum Gasteiger partial charge on any atom is -0.505 e. The van der Waals surface area contributed by atoms with Crippen molar-refractivity contribution in [3.05, 3.63) is 36.1 Å². The van der Waals surface area contributed by atoms with Crippen LogP contribution in [-0.2, 0) is 11.2 Å². The Kier molecular flexibility index (Phi) is 3.85. The van der Waals surface area contributed by atoms with Gasteiger partial charge < -0.3 is 14.6 Å². The van der Waals surface area contributed by atoms with E-state index in [-0.39, 0.29) is 5.75 Å². The van der Waals surface area contributed by atoms with Crippen LogP contribution in [0.25, 0.3) is 0 Å². The van der Waals surface area contributed by atoms with Crippen LogP contribution in [0.1, 0.15) is 5.56 Å². The zero-order valence-corrected chi connectivity index (χ0v) is 8.36. The quantitative estimate of drug-likeness (QED) is 0.746. The highest BCUT2D eigenvalue weighted by atomic mass is 16.5. The molecule has 0 heterocycles. The number of phenols is 1. The van der Waals surface area contributed by atoms with Gasteiger partial charge in [0.2, 0.25) is 0 Å². The molecule has 76 valence electrons. The summed E-state index contributed by atoms with van der Waals surface area (Å²) >= 11 is 0. The molecule has 0 atom stereocenters. The molecule has 3 heteroatoms. The number of hydrogen-bond donors (Lipinski definition) is 1. The van der Waals surface area contributed by atoms with Gasteiger partial charge in [-0.1, -0.05) is 6.07 Å². The molecule has 0 aliphatic rings. The van der Waals surface area contributed by atoms with Gasteiger partial charge in [-0.3, -0.25) is 0 Å². The van der Waals surface area contributed by atoms with E-state index in [9.17, 15) is 5.11 Å². The highest BCUT2D eigenvalue weighted by Gasteiger charge is 2.00. The smallest absolute Gasteiger partial charge is 0.160 e. The highest BCUT2D eigenvalue weighted by molar-refractivity contribution is 5.42. The average Bonchev–Trinajstić information content (AvgIpc) is 2.21. The largest absolute Gasteiger partial charge is 0.505 e. The van der Waals surface area contributed by atoms with Crippen molar-refractivity contribution in [3.63, 3.8) is 0 Å². The molecule has 14 heavy (non-hydrogen) atoms. The average molecular weight is 194 g/mol. The van der Waals surface area contributed by atoms with Gasteiger partial charge in [-0.05, 0) is 30.2 Å². The van der Waals surface area contributed by atoms with Crippen LogP contribution in [0.4, 0.5) is 0 Å². The molecule has 0 aliphatic heterocycles. The third-order valence-electron chi connectivity index (χ3n) is 1.83. The third kappa shape index (κ3) is 2.69. The first-order valence-corrected chi connectivity index (χ1v) is 4.31. The van der Waals surface area contributed by atoms with Crippen molar-refractivity contribution >= 4 is 0 Å². The van der Waals surface area contributed by atoms with Gasteiger partial charge in [-0.15, -0.1) is 0 Å². The van der Waals surface area contributed by atoms with Crippen LogP contribution in [0, 0.1) is 0 Å². The molecule has 0 saturated heterocycles. The van der Waals surface area contributed by atoms with E-state index < -0.39 is 0 Å². The fraction of sp³-hybridized carbons (Fsp3) is 0.273. The predicted molar refractivity (Wildman–Crippen MR) is 54.5 cm³/mol. The Hall–Kier alpha value is -1.64. The zero-order chi connectivity index (χ0) is 10.4. The summed E-state index contributed by atoms with van der Waals surface area (Å²) in [6.45, 7) is 0. The molecule has 0 saturated carbocycles. The lowest BCUT2D eigenvalue weighted by atomic mass is 10.1. The van der Waals surface area contributed by atoms with Crippen LogP contribution < -0.4 is 4.74 Å². The standard InChI is InChI=1S/C11H14O3/c1-13-7-3-4-9-5-6-10(12)11(8-9)14-2/h3,5-8,12H,4H2,1-2H3. The summed E-state index contributed by atoms with van der Waals surface area (Å²) in [5.41, 5.74) is 1.06. The molecular formula is C11H14O3. The second-order valence-corrected chi connectivity index (χ2v) is 2.82. The first-order valence-electron chi connectivity index (χ1n) is 4.31. The van der Waals surface area contributed by atoms with Crippen LogP contribution in [-0.4, -0.2) is 19.3 Å². The van der Waals surface area contributed by atoms with E-state index in [1.165, 1.54) is 7.11 Å². The summed E-state index contributed by atoms with van der Waals surface area (Å²) in [5.74, 6) is 0.653. The molecule has 1 aromatic rings. The highest BCUT2D eigenvalue weighted by Crippen LogP contribution is 2.26. The molecule has 1 rings (SSSR count). The van der Waals surface area contributed by atoms with Gasteiger partial charge in [0.05, 0.1) is 20.5 Å². The van der Waals surface area contributed by atoms with Gasteiger partial charge in [0, 0.05) is 0 Å². The molecule has 1 N–H and O–H groups in total. The Balaban J connectivity index is 2.74. The minimum absolute atomic E-state index is 0.159. The lowest BCUT2D eigenvalue weighted by molar-refractivity contribution is 0.337. The van der Waals surface area contributed by atoms with Gasteiger partial charge >= 0.3 is 0 Å². The first kappa shape index (κ1) is 10.4. The second-order valence-electron chi connectivity index (χ2n) is 2.82. The van der Waals surface area contributed by atoms with Crippen molar-refractivity contribution in [3.8, 4) is 11.5 Å². The zero-order valence-electron chi connectivity index (χ0n) is 8.36. The van der Waals surface area contributed by atoms with Crippen molar-refractivity contribution in [1.82, 2.24) is 0 Å². The molecule has 0 spiro atoms. The number of hydrogen-bond acceptors (Lipinski definition) is 3. The molecule has 0 fully saturated rings. The Morgan fingerprint density at radius 3 is 2.79 bits per heavy atom. The minimum atomic E-state index is 0.159. The first-order chi connectivity index (χ1) is 6.77. The fourth-order valence-corrected chi connectivity index (χ4v) is 1.13. The fourth-order valence-electron chi connectivity index (χ4n) is 1.13. The third-order valence-corrected chi connectivity index (χ3v) is 1.83. The van der Waals surface area contributed by atoms with Gasteiger partial charge in [0.15, 0.2) is 11.5 Å². The Labute approximate surface area is 83.6 Å². The van der Waals surface area contributed by atoms with Crippen LogP contribution in [0.2, 0.25) is 0 Å². The molecule has 0 amide bonds. The number of allylic oxidation sites excluding steroid dienone is 1. The van der Waals surface area contributed by atoms with Gasteiger partial charge in [0.1, 0.15) is 0 Å². The maximum atomic E-state index is 9.34. The van der Waals surface area contributed by atoms with Crippen molar-refractivity contribution in [1.29, 1.82) is 0 Å². The molecule has 0 radical (unpaired) electrons. The van der Waals surface area contributed by atoms with Crippen molar-refractivity contribution in [2.24, 2.45) is 0 Å². The molecule has 3 nitrogen and oxygen atoms in total. The van der Waals surface area contributed by atoms with Crippen molar-refractivity contribution in [2.45, 2.75) is 6.42 Å². The number of rotatable bonds is 4. The monoisotopic (exact) mass is 194 g/mol. The van der Waals surface area contributed by atoms with Crippen molar-refractivity contribution < 1.29 is 14.6 Å². The molecule has 0 bridgehead atoms.